The SMILES string of the molecule is Cc1ccnc(NC2C3(C)CCC(C3)C2(C)C)c1C#N. The number of rotatable bonds is 2. The highest BCUT2D eigenvalue weighted by molar-refractivity contribution is 5.56. The molecule has 2 fully saturated rings. The quantitative estimate of drug-likeness (QED) is 0.886. The van der Waals surface area contributed by atoms with Crippen molar-refractivity contribution in [1.29, 1.82) is 5.26 Å². The van der Waals surface area contributed by atoms with E-state index in [1.54, 1.807) is 6.20 Å². The third kappa shape index (κ3) is 1.74. The summed E-state index contributed by atoms with van der Waals surface area (Å²) in [6.45, 7) is 9.09. The molecule has 0 radical (unpaired) electrons. The zero-order valence-electron chi connectivity index (χ0n) is 12.8. The number of hydrogen-bond donors (Lipinski definition) is 1. The number of pyridine rings is 1. The Balaban J connectivity index is 1.96. The number of anilines is 1. The fourth-order valence-electron chi connectivity index (χ4n) is 4.61. The Labute approximate surface area is 121 Å². The second kappa shape index (κ2) is 4.22. The van der Waals surface area contributed by atoms with Gasteiger partial charge in [0.05, 0.1) is 5.56 Å². The van der Waals surface area contributed by atoms with E-state index in [4.69, 9.17) is 0 Å². The highest BCUT2D eigenvalue weighted by atomic mass is 15.1. The number of nitrogens with zero attached hydrogens (tertiary/aromatic N) is 2. The minimum atomic E-state index is 0.269. The van der Waals surface area contributed by atoms with Crippen molar-refractivity contribution in [2.45, 2.75) is 53.0 Å². The lowest BCUT2D eigenvalue weighted by atomic mass is 9.68. The molecule has 2 aliphatic rings. The Kier molecular flexibility index (Phi) is 2.83. The lowest BCUT2D eigenvalue weighted by molar-refractivity contribution is 0.155. The Bertz CT molecular complexity index is 580. The maximum atomic E-state index is 9.37. The van der Waals surface area contributed by atoms with E-state index in [0.717, 1.165) is 17.3 Å². The lowest BCUT2D eigenvalue weighted by Gasteiger charge is -2.43. The van der Waals surface area contributed by atoms with Crippen LogP contribution in [0.1, 0.15) is 51.2 Å². The molecule has 2 saturated carbocycles. The van der Waals surface area contributed by atoms with Crippen LogP contribution in [-0.2, 0) is 0 Å². The standard InChI is InChI=1S/C17H23N3/c1-11-6-8-19-14(13(11)10-18)20-15-16(2,3)12-5-7-17(15,4)9-12/h6,8,12,15H,5,7,9H2,1-4H3,(H,19,20). The van der Waals surface area contributed by atoms with Crippen LogP contribution in [0.3, 0.4) is 0 Å². The highest BCUT2D eigenvalue weighted by Crippen LogP contribution is 2.63. The van der Waals surface area contributed by atoms with Gasteiger partial charge in [0.1, 0.15) is 11.9 Å². The number of aromatic nitrogens is 1. The zero-order valence-corrected chi connectivity index (χ0v) is 12.8. The highest BCUT2D eigenvalue weighted by Gasteiger charge is 2.59. The van der Waals surface area contributed by atoms with Gasteiger partial charge in [0.25, 0.3) is 0 Å². The van der Waals surface area contributed by atoms with Gasteiger partial charge in [-0.2, -0.15) is 5.26 Å². The van der Waals surface area contributed by atoms with Crippen molar-refractivity contribution >= 4 is 5.82 Å². The van der Waals surface area contributed by atoms with E-state index < -0.39 is 0 Å². The molecule has 3 heteroatoms. The topological polar surface area (TPSA) is 48.7 Å². The van der Waals surface area contributed by atoms with Crippen LogP contribution in [0.15, 0.2) is 12.3 Å². The van der Waals surface area contributed by atoms with E-state index in [9.17, 15) is 5.26 Å². The van der Waals surface area contributed by atoms with E-state index >= 15 is 0 Å². The Morgan fingerprint density at radius 1 is 1.40 bits per heavy atom. The molecule has 0 saturated heterocycles. The molecule has 1 heterocycles. The molecule has 1 aromatic rings. The van der Waals surface area contributed by atoms with Gasteiger partial charge in [0.2, 0.25) is 0 Å². The lowest BCUT2D eigenvalue weighted by Crippen LogP contribution is -2.46. The molecule has 0 aliphatic heterocycles. The van der Waals surface area contributed by atoms with E-state index in [1.165, 1.54) is 19.3 Å². The summed E-state index contributed by atoms with van der Waals surface area (Å²) in [5, 5.41) is 13.0. The molecule has 3 rings (SSSR count). The summed E-state index contributed by atoms with van der Waals surface area (Å²) in [7, 11) is 0. The first-order valence-electron chi connectivity index (χ1n) is 7.51. The third-order valence-corrected chi connectivity index (χ3v) is 5.82. The second-order valence-electron chi connectivity index (χ2n) is 7.46. The molecule has 2 bridgehead atoms. The Morgan fingerprint density at radius 2 is 2.15 bits per heavy atom. The smallest absolute Gasteiger partial charge is 0.144 e. The van der Waals surface area contributed by atoms with Gasteiger partial charge in [-0.15, -0.1) is 0 Å². The molecule has 1 N–H and O–H groups in total. The summed E-state index contributed by atoms with van der Waals surface area (Å²) in [5.41, 5.74) is 2.29. The predicted molar refractivity (Wildman–Crippen MR) is 80.3 cm³/mol. The zero-order chi connectivity index (χ0) is 14.5. The van der Waals surface area contributed by atoms with Gasteiger partial charge < -0.3 is 5.32 Å². The molecule has 0 spiro atoms. The van der Waals surface area contributed by atoms with Crippen molar-refractivity contribution in [2.24, 2.45) is 16.7 Å². The predicted octanol–water partition coefficient (Wildman–Crippen LogP) is 3.89. The van der Waals surface area contributed by atoms with Gasteiger partial charge in [0.15, 0.2) is 0 Å². The van der Waals surface area contributed by atoms with E-state index in [2.05, 4.69) is 37.1 Å². The van der Waals surface area contributed by atoms with Crippen molar-refractivity contribution in [2.75, 3.05) is 5.32 Å². The summed E-state index contributed by atoms with van der Waals surface area (Å²) < 4.78 is 0. The summed E-state index contributed by atoms with van der Waals surface area (Å²) in [5.74, 6) is 1.56. The molecule has 106 valence electrons. The molecule has 1 aromatic heterocycles. The maximum Gasteiger partial charge on any atom is 0.144 e. The molecular formula is C17H23N3. The van der Waals surface area contributed by atoms with Crippen LogP contribution in [0.5, 0.6) is 0 Å². The normalized spacial score (nSPS) is 34.0. The summed E-state index contributed by atoms with van der Waals surface area (Å²) >= 11 is 0. The molecule has 3 nitrogen and oxygen atoms in total. The Morgan fingerprint density at radius 3 is 2.75 bits per heavy atom. The minimum absolute atomic E-state index is 0.269. The average molecular weight is 269 g/mol. The van der Waals surface area contributed by atoms with Gasteiger partial charge in [-0.3, -0.25) is 0 Å². The third-order valence-electron chi connectivity index (χ3n) is 5.82. The second-order valence-corrected chi connectivity index (χ2v) is 7.46. The molecule has 2 aliphatic carbocycles. The first-order valence-corrected chi connectivity index (χ1v) is 7.51. The van der Waals surface area contributed by atoms with Crippen LogP contribution < -0.4 is 5.32 Å². The molecule has 0 aromatic carbocycles. The first kappa shape index (κ1) is 13.4. The van der Waals surface area contributed by atoms with Crippen molar-refractivity contribution < 1.29 is 0 Å². The van der Waals surface area contributed by atoms with E-state index in [1.807, 2.05) is 13.0 Å². The Hall–Kier alpha value is -1.56. The van der Waals surface area contributed by atoms with Crippen LogP contribution in [0.4, 0.5) is 5.82 Å². The summed E-state index contributed by atoms with van der Waals surface area (Å²) in [6, 6.07) is 4.60. The van der Waals surface area contributed by atoms with Gasteiger partial charge in [-0.05, 0) is 54.6 Å². The number of nitriles is 1. The van der Waals surface area contributed by atoms with Crippen LogP contribution >= 0.6 is 0 Å². The summed E-state index contributed by atoms with van der Waals surface area (Å²) in [6.07, 6.45) is 5.72. The van der Waals surface area contributed by atoms with Gasteiger partial charge >= 0.3 is 0 Å². The van der Waals surface area contributed by atoms with Crippen LogP contribution in [0.25, 0.3) is 0 Å². The van der Waals surface area contributed by atoms with Crippen LogP contribution in [0.2, 0.25) is 0 Å². The summed E-state index contributed by atoms with van der Waals surface area (Å²) in [4.78, 5) is 4.42. The van der Waals surface area contributed by atoms with Gasteiger partial charge in [0, 0.05) is 12.2 Å². The van der Waals surface area contributed by atoms with Crippen LogP contribution in [-0.4, -0.2) is 11.0 Å². The van der Waals surface area contributed by atoms with Crippen molar-refractivity contribution in [1.82, 2.24) is 4.98 Å². The number of hydrogen-bond acceptors (Lipinski definition) is 3. The molecule has 20 heavy (non-hydrogen) atoms. The fraction of sp³-hybridized carbons (Fsp3) is 0.647. The van der Waals surface area contributed by atoms with Gasteiger partial charge in [-0.1, -0.05) is 20.8 Å². The molecule has 0 amide bonds. The van der Waals surface area contributed by atoms with Crippen molar-refractivity contribution in [3.63, 3.8) is 0 Å². The van der Waals surface area contributed by atoms with E-state index in [-0.39, 0.29) is 5.41 Å². The first-order chi connectivity index (χ1) is 9.38. The van der Waals surface area contributed by atoms with Crippen molar-refractivity contribution in [3.05, 3.63) is 23.4 Å². The maximum absolute atomic E-state index is 9.37. The molecular weight excluding hydrogens is 246 g/mol. The average Bonchev–Trinajstić information content (AvgIpc) is 2.86. The number of aryl methyl sites for hydroxylation is 1. The van der Waals surface area contributed by atoms with Gasteiger partial charge in [-0.25, -0.2) is 4.98 Å². The number of fused-ring (bicyclic) bond motifs is 2. The van der Waals surface area contributed by atoms with E-state index in [0.29, 0.717) is 17.0 Å². The fourth-order valence-corrected chi connectivity index (χ4v) is 4.61. The largest absolute Gasteiger partial charge is 0.365 e. The molecule has 3 unspecified atom stereocenters. The van der Waals surface area contributed by atoms with Crippen molar-refractivity contribution in [3.8, 4) is 6.07 Å². The van der Waals surface area contributed by atoms with Crippen LogP contribution in [0, 0.1) is 35.0 Å². The molecule has 3 atom stereocenters. The monoisotopic (exact) mass is 269 g/mol. The minimum Gasteiger partial charge on any atom is -0.365 e. The number of nitrogens with one attached hydrogen (secondary N) is 1.